The fourth-order valence-corrected chi connectivity index (χ4v) is 4.28. The lowest BCUT2D eigenvalue weighted by Gasteiger charge is -2.30. The molecule has 1 aromatic carbocycles. The fourth-order valence-electron chi connectivity index (χ4n) is 4.04. The van der Waals surface area contributed by atoms with Crippen molar-refractivity contribution < 1.29 is 22.7 Å². The van der Waals surface area contributed by atoms with Gasteiger partial charge in [0.1, 0.15) is 10.8 Å². The van der Waals surface area contributed by atoms with E-state index in [1.807, 2.05) is 0 Å². The van der Waals surface area contributed by atoms with Gasteiger partial charge in [0, 0.05) is 18.7 Å². The van der Waals surface area contributed by atoms with Crippen LogP contribution in [0.2, 0.25) is 5.02 Å². The molecule has 2 heterocycles. The van der Waals surface area contributed by atoms with Crippen LogP contribution in [-0.4, -0.2) is 45.6 Å². The Morgan fingerprint density at radius 3 is 2.44 bits per heavy atom. The number of nitrogens with zero attached hydrogens (tertiary/aromatic N) is 4. The first-order chi connectivity index (χ1) is 15.2. The first-order valence-electron chi connectivity index (χ1n) is 10.3. The number of alkyl halides is 3. The summed E-state index contributed by atoms with van der Waals surface area (Å²) in [5, 5.41) is 3.75. The Bertz CT molecular complexity index is 1140. The molecular formula is C22H22ClF3N4O2. The van der Waals surface area contributed by atoms with Gasteiger partial charge >= 0.3 is 6.18 Å². The van der Waals surface area contributed by atoms with Crippen molar-refractivity contribution in [3.8, 4) is 17.0 Å². The van der Waals surface area contributed by atoms with Gasteiger partial charge in [-0.3, -0.25) is 4.79 Å². The summed E-state index contributed by atoms with van der Waals surface area (Å²) in [5.41, 5.74) is -0.996. The van der Waals surface area contributed by atoms with Crippen LogP contribution in [0.1, 0.15) is 48.3 Å². The number of amides is 1. The second-order valence-corrected chi connectivity index (χ2v) is 8.24. The molecule has 3 aromatic rings. The zero-order chi connectivity index (χ0) is 23.0. The maximum Gasteiger partial charge on any atom is 0.433 e. The minimum atomic E-state index is -4.73. The first kappa shape index (κ1) is 22.4. The minimum absolute atomic E-state index is 0.0158. The van der Waals surface area contributed by atoms with Gasteiger partial charge in [-0.25, -0.2) is 9.50 Å². The molecule has 1 amide bonds. The number of benzene rings is 1. The Morgan fingerprint density at radius 1 is 1.19 bits per heavy atom. The standard InChI is InChI=1S/C22H22ClF3N4O2/c1-29(14-6-4-3-5-7-14)21(31)19-18(23)20-27-16(13-8-10-15(32-2)11-9-13)12-17(22(24,25)26)30(20)28-19/h8-12,14H,3-7H2,1-2H3. The summed E-state index contributed by atoms with van der Waals surface area (Å²) in [6.45, 7) is 0. The molecule has 170 valence electrons. The quantitative estimate of drug-likeness (QED) is 0.510. The number of carbonyl (C=O) groups is 1. The average molecular weight is 467 g/mol. The van der Waals surface area contributed by atoms with E-state index in [-0.39, 0.29) is 28.1 Å². The monoisotopic (exact) mass is 466 g/mol. The molecule has 4 rings (SSSR count). The summed E-state index contributed by atoms with van der Waals surface area (Å²) >= 11 is 6.38. The van der Waals surface area contributed by atoms with Crippen molar-refractivity contribution >= 4 is 23.2 Å². The third-order valence-electron chi connectivity index (χ3n) is 5.85. The highest BCUT2D eigenvalue weighted by Crippen LogP contribution is 2.35. The predicted octanol–water partition coefficient (Wildman–Crippen LogP) is 5.48. The molecule has 6 nitrogen and oxygen atoms in total. The second-order valence-electron chi connectivity index (χ2n) is 7.86. The first-order valence-corrected chi connectivity index (χ1v) is 10.7. The van der Waals surface area contributed by atoms with Gasteiger partial charge in [-0.15, -0.1) is 0 Å². The van der Waals surface area contributed by atoms with Crippen LogP contribution < -0.4 is 4.74 Å². The van der Waals surface area contributed by atoms with Crippen LogP contribution in [0.25, 0.3) is 16.9 Å². The number of methoxy groups -OCH3 is 1. The van der Waals surface area contributed by atoms with E-state index in [0.29, 0.717) is 15.8 Å². The van der Waals surface area contributed by atoms with E-state index in [0.717, 1.165) is 38.2 Å². The SMILES string of the molecule is COc1ccc(-c2cc(C(F)(F)F)n3nc(C(=O)N(C)C4CCCCC4)c(Cl)c3n2)cc1. The summed E-state index contributed by atoms with van der Waals surface area (Å²) in [6.07, 6.45) is 0.0914. The number of halogens is 4. The van der Waals surface area contributed by atoms with Crippen molar-refractivity contribution in [1.29, 1.82) is 0 Å². The lowest BCUT2D eigenvalue weighted by Crippen LogP contribution is -2.38. The van der Waals surface area contributed by atoms with Gasteiger partial charge in [0.25, 0.3) is 5.91 Å². The molecule has 10 heteroatoms. The Kier molecular flexibility index (Phi) is 6.03. The van der Waals surface area contributed by atoms with Gasteiger partial charge in [-0.2, -0.15) is 18.3 Å². The van der Waals surface area contributed by atoms with E-state index in [4.69, 9.17) is 16.3 Å². The van der Waals surface area contributed by atoms with Gasteiger partial charge in [0.15, 0.2) is 17.0 Å². The minimum Gasteiger partial charge on any atom is -0.497 e. The molecule has 0 atom stereocenters. The molecular weight excluding hydrogens is 445 g/mol. The normalized spacial score (nSPS) is 15.2. The topological polar surface area (TPSA) is 59.7 Å². The molecule has 2 aromatic heterocycles. The van der Waals surface area contributed by atoms with Gasteiger partial charge in [-0.1, -0.05) is 30.9 Å². The Hall–Kier alpha value is -2.81. The van der Waals surface area contributed by atoms with Crippen LogP contribution in [0.4, 0.5) is 13.2 Å². The molecule has 1 aliphatic rings. The van der Waals surface area contributed by atoms with Crippen LogP contribution in [0.15, 0.2) is 30.3 Å². The van der Waals surface area contributed by atoms with Crippen molar-refractivity contribution in [2.75, 3.05) is 14.2 Å². The Labute approximate surface area is 187 Å². The molecule has 1 saturated carbocycles. The summed E-state index contributed by atoms with van der Waals surface area (Å²) < 4.78 is 47.3. The van der Waals surface area contributed by atoms with E-state index >= 15 is 0 Å². The van der Waals surface area contributed by atoms with Crippen molar-refractivity contribution in [2.45, 2.75) is 44.3 Å². The van der Waals surface area contributed by atoms with E-state index in [1.165, 1.54) is 12.0 Å². The third-order valence-corrected chi connectivity index (χ3v) is 6.20. The smallest absolute Gasteiger partial charge is 0.433 e. The van der Waals surface area contributed by atoms with E-state index < -0.39 is 17.8 Å². The number of carbonyl (C=O) groups excluding carboxylic acids is 1. The van der Waals surface area contributed by atoms with Gasteiger partial charge in [0.2, 0.25) is 0 Å². The van der Waals surface area contributed by atoms with Gasteiger partial charge < -0.3 is 9.64 Å². The maximum atomic E-state index is 13.9. The molecule has 1 aliphatic carbocycles. The Morgan fingerprint density at radius 2 is 1.84 bits per heavy atom. The summed E-state index contributed by atoms with van der Waals surface area (Å²) in [6, 6.07) is 7.37. The van der Waals surface area contributed by atoms with E-state index in [9.17, 15) is 18.0 Å². The molecule has 0 radical (unpaired) electrons. The van der Waals surface area contributed by atoms with Crippen molar-refractivity contribution in [3.63, 3.8) is 0 Å². The highest BCUT2D eigenvalue weighted by molar-refractivity contribution is 6.36. The predicted molar refractivity (Wildman–Crippen MR) is 114 cm³/mol. The van der Waals surface area contributed by atoms with Crippen molar-refractivity contribution in [3.05, 3.63) is 46.7 Å². The van der Waals surface area contributed by atoms with E-state index in [2.05, 4.69) is 10.1 Å². The van der Waals surface area contributed by atoms with Crippen LogP contribution in [0, 0.1) is 0 Å². The maximum absolute atomic E-state index is 13.9. The van der Waals surface area contributed by atoms with Crippen LogP contribution >= 0.6 is 11.6 Å². The highest BCUT2D eigenvalue weighted by atomic mass is 35.5. The largest absolute Gasteiger partial charge is 0.497 e. The molecule has 32 heavy (non-hydrogen) atoms. The number of rotatable bonds is 4. The molecule has 0 saturated heterocycles. The van der Waals surface area contributed by atoms with Crippen LogP contribution in [0.3, 0.4) is 0 Å². The van der Waals surface area contributed by atoms with E-state index in [1.54, 1.807) is 31.3 Å². The lowest BCUT2D eigenvalue weighted by atomic mass is 9.94. The number of hydrogen-bond donors (Lipinski definition) is 0. The van der Waals surface area contributed by atoms with Gasteiger partial charge in [0.05, 0.1) is 12.8 Å². The zero-order valence-electron chi connectivity index (χ0n) is 17.6. The van der Waals surface area contributed by atoms with Crippen molar-refractivity contribution in [2.24, 2.45) is 0 Å². The summed E-state index contributed by atoms with van der Waals surface area (Å²) in [5.74, 6) is 0.0541. The molecule has 0 unspecified atom stereocenters. The summed E-state index contributed by atoms with van der Waals surface area (Å²) in [4.78, 5) is 18.9. The molecule has 1 fully saturated rings. The number of hydrogen-bond acceptors (Lipinski definition) is 4. The van der Waals surface area contributed by atoms with Crippen molar-refractivity contribution in [1.82, 2.24) is 19.5 Å². The molecule has 0 spiro atoms. The number of ether oxygens (including phenoxy) is 1. The second kappa shape index (κ2) is 8.61. The molecule has 0 aliphatic heterocycles. The Balaban J connectivity index is 1.81. The summed E-state index contributed by atoms with van der Waals surface area (Å²) in [7, 11) is 3.13. The number of fused-ring (bicyclic) bond motifs is 1. The third kappa shape index (κ3) is 4.13. The zero-order valence-corrected chi connectivity index (χ0v) is 18.4. The average Bonchev–Trinajstić information content (AvgIpc) is 3.13. The van der Waals surface area contributed by atoms with Crippen LogP contribution in [0.5, 0.6) is 5.75 Å². The van der Waals surface area contributed by atoms with Gasteiger partial charge in [-0.05, 0) is 43.2 Å². The lowest BCUT2D eigenvalue weighted by molar-refractivity contribution is -0.142. The molecule has 0 bridgehead atoms. The fraction of sp³-hybridized carbons (Fsp3) is 0.409. The molecule has 0 N–H and O–H groups in total. The van der Waals surface area contributed by atoms with Crippen LogP contribution in [-0.2, 0) is 6.18 Å². The number of aromatic nitrogens is 3. The highest BCUT2D eigenvalue weighted by Gasteiger charge is 2.37.